The standard InChI is InChI=1S/C13H15F3O6S/c1-21-10-5-2-9(3-6-10)4-7-12(17)22-11(13(14,15)16)8-23(18,19)20/h2-3,5-6,11H,4,7-8H2,1H3,(H,18,19,20). The van der Waals surface area contributed by atoms with Crippen LogP contribution >= 0.6 is 0 Å². The Morgan fingerprint density at radius 2 is 1.83 bits per heavy atom. The maximum absolute atomic E-state index is 12.6. The van der Waals surface area contributed by atoms with Crippen LogP contribution in [0.4, 0.5) is 13.2 Å². The van der Waals surface area contributed by atoms with E-state index in [-0.39, 0.29) is 12.8 Å². The van der Waals surface area contributed by atoms with Crippen LogP contribution in [0.3, 0.4) is 0 Å². The molecule has 0 aliphatic rings. The number of halogens is 3. The number of hydrogen-bond acceptors (Lipinski definition) is 5. The normalized spacial score (nSPS) is 13.4. The van der Waals surface area contributed by atoms with Crippen LogP contribution in [0.5, 0.6) is 5.75 Å². The van der Waals surface area contributed by atoms with Crippen molar-refractivity contribution in [2.45, 2.75) is 25.1 Å². The van der Waals surface area contributed by atoms with Gasteiger partial charge in [0.15, 0.2) is 0 Å². The number of benzene rings is 1. The zero-order valence-electron chi connectivity index (χ0n) is 12.0. The van der Waals surface area contributed by atoms with Crippen molar-refractivity contribution in [2.75, 3.05) is 12.9 Å². The molecule has 0 amide bonds. The summed E-state index contributed by atoms with van der Waals surface area (Å²) in [5.74, 6) is -2.36. The molecular weight excluding hydrogens is 341 g/mol. The van der Waals surface area contributed by atoms with Gasteiger partial charge in [-0.1, -0.05) is 12.1 Å². The number of carbonyl (C=O) groups excluding carboxylic acids is 1. The summed E-state index contributed by atoms with van der Waals surface area (Å²) in [7, 11) is -3.47. The molecule has 0 saturated heterocycles. The van der Waals surface area contributed by atoms with Gasteiger partial charge in [-0.25, -0.2) is 0 Å². The topological polar surface area (TPSA) is 89.9 Å². The lowest BCUT2D eigenvalue weighted by atomic mass is 10.1. The second kappa shape index (κ2) is 7.64. The third-order valence-corrected chi connectivity index (χ3v) is 3.50. The fraction of sp³-hybridized carbons (Fsp3) is 0.462. The second-order valence-electron chi connectivity index (χ2n) is 4.62. The number of esters is 1. The van der Waals surface area contributed by atoms with Gasteiger partial charge in [0, 0.05) is 6.42 Å². The third kappa shape index (κ3) is 7.33. The maximum Gasteiger partial charge on any atom is 0.426 e. The average Bonchev–Trinajstić information content (AvgIpc) is 2.42. The maximum atomic E-state index is 12.6. The van der Waals surface area contributed by atoms with Gasteiger partial charge in [-0.05, 0) is 24.1 Å². The summed E-state index contributed by atoms with van der Waals surface area (Å²) in [6.07, 6.45) is -8.25. The first-order valence-corrected chi connectivity index (χ1v) is 7.96. The summed E-state index contributed by atoms with van der Waals surface area (Å²) in [5.41, 5.74) is 0.668. The van der Waals surface area contributed by atoms with Crippen LogP contribution in [0.25, 0.3) is 0 Å². The number of ether oxygens (including phenoxy) is 2. The van der Waals surface area contributed by atoms with Crippen LogP contribution in [0, 0.1) is 0 Å². The molecule has 130 valence electrons. The molecule has 1 aromatic carbocycles. The predicted octanol–water partition coefficient (Wildman–Crippen LogP) is 1.99. The molecule has 0 spiro atoms. The van der Waals surface area contributed by atoms with Crippen LogP contribution in [-0.2, 0) is 26.1 Å². The molecule has 1 N–H and O–H groups in total. The highest BCUT2D eigenvalue weighted by Gasteiger charge is 2.45. The lowest BCUT2D eigenvalue weighted by Gasteiger charge is -2.19. The highest BCUT2D eigenvalue weighted by molar-refractivity contribution is 7.85. The Morgan fingerprint density at radius 3 is 2.26 bits per heavy atom. The first kappa shape index (κ1) is 19.2. The molecule has 0 fully saturated rings. The van der Waals surface area contributed by atoms with Gasteiger partial charge in [-0.3, -0.25) is 9.35 Å². The van der Waals surface area contributed by atoms with Crippen molar-refractivity contribution in [1.29, 1.82) is 0 Å². The molecule has 0 radical (unpaired) electrons. The summed E-state index contributed by atoms with van der Waals surface area (Å²) in [4.78, 5) is 11.5. The fourth-order valence-electron chi connectivity index (χ4n) is 1.64. The average molecular weight is 356 g/mol. The van der Waals surface area contributed by atoms with Crippen molar-refractivity contribution in [1.82, 2.24) is 0 Å². The van der Waals surface area contributed by atoms with Crippen LogP contribution in [0.15, 0.2) is 24.3 Å². The SMILES string of the molecule is COc1ccc(CCC(=O)OC(CS(=O)(=O)O)C(F)(F)F)cc1. The van der Waals surface area contributed by atoms with Crippen molar-refractivity contribution < 1.29 is 40.4 Å². The van der Waals surface area contributed by atoms with Gasteiger partial charge in [0.25, 0.3) is 10.1 Å². The van der Waals surface area contributed by atoms with Gasteiger partial charge in [0.1, 0.15) is 11.5 Å². The molecule has 10 heteroatoms. The molecule has 0 saturated carbocycles. The number of hydrogen-bond donors (Lipinski definition) is 1. The van der Waals surface area contributed by atoms with Gasteiger partial charge < -0.3 is 9.47 Å². The van der Waals surface area contributed by atoms with E-state index in [4.69, 9.17) is 9.29 Å². The molecule has 1 rings (SSSR count). The number of rotatable bonds is 7. The molecular formula is C13H15F3O6S. The van der Waals surface area contributed by atoms with E-state index in [9.17, 15) is 26.4 Å². The van der Waals surface area contributed by atoms with E-state index in [0.29, 0.717) is 11.3 Å². The first-order chi connectivity index (χ1) is 10.5. The summed E-state index contributed by atoms with van der Waals surface area (Å²) in [6, 6.07) is 6.51. The van der Waals surface area contributed by atoms with Gasteiger partial charge in [-0.2, -0.15) is 21.6 Å². The van der Waals surface area contributed by atoms with E-state index < -0.39 is 34.1 Å². The fourth-order valence-corrected chi connectivity index (χ4v) is 2.28. The molecule has 6 nitrogen and oxygen atoms in total. The number of aryl methyl sites for hydroxylation is 1. The molecule has 23 heavy (non-hydrogen) atoms. The molecule has 1 atom stereocenters. The Balaban J connectivity index is 2.61. The molecule has 0 bridgehead atoms. The summed E-state index contributed by atoms with van der Waals surface area (Å²) < 4.78 is 76.5. The summed E-state index contributed by atoms with van der Waals surface area (Å²) >= 11 is 0. The van der Waals surface area contributed by atoms with Crippen LogP contribution < -0.4 is 4.74 Å². The van der Waals surface area contributed by atoms with Gasteiger partial charge in [0.05, 0.1) is 7.11 Å². The van der Waals surface area contributed by atoms with Crippen molar-refractivity contribution >= 4 is 16.1 Å². The Hall–Kier alpha value is -1.81. The van der Waals surface area contributed by atoms with Gasteiger partial charge >= 0.3 is 12.1 Å². The molecule has 0 aliphatic carbocycles. The third-order valence-electron chi connectivity index (χ3n) is 2.78. The van der Waals surface area contributed by atoms with E-state index in [2.05, 4.69) is 4.74 Å². The quantitative estimate of drug-likeness (QED) is 0.594. The first-order valence-electron chi connectivity index (χ1n) is 6.35. The molecule has 1 aromatic rings. The Kier molecular flexibility index (Phi) is 6.39. The minimum absolute atomic E-state index is 0.110. The smallest absolute Gasteiger partial charge is 0.426 e. The zero-order valence-corrected chi connectivity index (χ0v) is 12.9. The van der Waals surface area contributed by atoms with Crippen molar-refractivity contribution in [2.24, 2.45) is 0 Å². The molecule has 1 unspecified atom stereocenters. The lowest BCUT2D eigenvalue weighted by Crippen LogP contribution is -2.39. The minimum atomic E-state index is -5.09. The van der Waals surface area contributed by atoms with Crippen molar-refractivity contribution in [3.05, 3.63) is 29.8 Å². The van der Waals surface area contributed by atoms with E-state index in [0.717, 1.165) is 0 Å². The Labute approximate surface area is 130 Å². The van der Waals surface area contributed by atoms with E-state index in [1.165, 1.54) is 7.11 Å². The van der Waals surface area contributed by atoms with Crippen LogP contribution in [-0.4, -0.2) is 44.1 Å². The molecule has 0 aromatic heterocycles. The van der Waals surface area contributed by atoms with Crippen LogP contribution in [0.2, 0.25) is 0 Å². The summed E-state index contributed by atoms with van der Waals surface area (Å²) in [6.45, 7) is 0. The minimum Gasteiger partial charge on any atom is -0.497 e. The lowest BCUT2D eigenvalue weighted by molar-refractivity contribution is -0.215. The molecule has 0 heterocycles. The summed E-state index contributed by atoms with van der Waals surface area (Å²) in [5, 5.41) is 0. The monoisotopic (exact) mass is 356 g/mol. The van der Waals surface area contributed by atoms with Crippen LogP contribution in [0.1, 0.15) is 12.0 Å². The number of alkyl halides is 3. The highest BCUT2D eigenvalue weighted by atomic mass is 32.2. The Morgan fingerprint density at radius 1 is 1.26 bits per heavy atom. The predicted molar refractivity (Wildman–Crippen MR) is 73.7 cm³/mol. The Bertz CT molecular complexity index is 624. The number of methoxy groups -OCH3 is 1. The van der Waals surface area contributed by atoms with E-state index in [1.807, 2.05) is 0 Å². The largest absolute Gasteiger partial charge is 0.497 e. The van der Waals surface area contributed by atoms with Crippen molar-refractivity contribution in [3.8, 4) is 5.75 Å². The number of carbonyl (C=O) groups is 1. The van der Waals surface area contributed by atoms with Gasteiger partial charge in [-0.15, -0.1) is 0 Å². The second-order valence-corrected chi connectivity index (χ2v) is 6.11. The van der Waals surface area contributed by atoms with E-state index >= 15 is 0 Å². The highest BCUT2D eigenvalue weighted by Crippen LogP contribution is 2.24. The zero-order chi connectivity index (χ0) is 17.7. The van der Waals surface area contributed by atoms with Gasteiger partial charge in [0.2, 0.25) is 6.10 Å². The van der Waals surface area contributed by atoms with Crippen molar-refractivity contribution in [3.63, 3.8) is 0 Å². The molecule has 0 aliphatic heterocycles. The van der Waals surface area contributed by atoms with E-state index in [1.54, 1.807) is 24.3 Å².